The molecule has 0 fully saturated rings. The third kappa shape index (κ3) is 4.57. The number of imidazole rings is 1. The summed E-state index contributed by atoms with van der Waals surface area (Å²) >= 11 is 5.93. The number of halogens is 1. The minimum absolute atomic E-state index is 0.123. The second kappa shape index (κ2) is 7.72. The van der Waals surface area contributed by atoms with Gasteiger partial charge >= 0.3 is 6.09 Å². The van der Waals surface area contributed by atoms with Crippen LogP contribution in [0.25, 0.3) is 16.8 Å². The maximum absolute atomic E-state index is 12.1. The number of nitrogens with zero attached hydrogens (tertiary/aromatic N) is 3. The molecule has 7 heteroatoms. The number of hydrogen-bond donors (Lipinski definition) is 1. The lowest BCUT2D eigenvalue weighted by Crippen LogP contribution is -2.35. The predicted molar refractivity (Wildman–Crippen MR) is 110 cm³/mol. The van der Waals surface area contributed by atoms with Crippen molar-refractivity contribution in [3.8, 4) is 16.9 Å². The Morgan fingerprint density at radius 2 is 2.04 bits per heavy atom. The number of carbonyl (C=O) groups excluding carboxylic acids is 1. The number of phenols is 1. The largest absolute Gasteiger partial charge is 0.507 e. The number of hydrogen-bond acceptors (Lipinski definition) is 4. The number of carbonyl (C=O) groups is 1. The molecule has 0 aliphatic heterocycles. The monoisotopic (exact) mass is 401 g/mol. The predicted octanol–water partition coefficient (Wildman–Crippen LogP) is 4.77. The highest BCUT2D eigenvalue weighted by Crippen LogP contribution is 2.31. The maximum atomic E-state index is 12.1. The van der Waals surface area contributed by atoms with Crippen LogP contribution in [0.1, 0.15) is 26.5 Å². The molecule has 0 saturated carbocycles. The highest BCUT2D eigenvalue weighted by molar-refractivity contribution is 6.30. The van der Waals surface area contributed by atoms with Crippen LogP contribution < -0.4 is 0 Å². The fraction of sp³-hybridized carbons (Fsp3) is 0.333. The molecular weight excluding hydrogens is 378 g/mol. The van der Waals surface area contributed by atoms with Crippen LogP contribution in [0.3, 0.4) is 0 Å². The molecule has 3 aromatic rings. The zero-order valence-corrected chi connectivity index (χ0v) is 17.2. The van der Waals surface area contributed by atoms with Gasteiger partial charge in [-0.25, -0.2) is 9.78 Å². The Hall–Kier alpha value is -2.73. The van der Waals surface area contributed by atoms with E-state index in [1.165, 1.54) is 6.07 Å². The summed E-state index contributed by atoms with van der Waals surface area (Å²) in [6.07, 6.45) is 3.98. The minimum Gasteiger partial charge on any atom is -0.507 e. The molecule has 0 aliphatic rings. The zero-order valence-electron chi connectivity index (χ0n) is 16.4. The van der Waals surface area contributed by atoms with Crippen LogP contribution in [0.4, 0.5) is 4.79 Å². The van der Waals surface area contributed by atoms with Crippen LogP contribution in [-0.2, 0) is 11.2 Å². The Balaban J connectivity index is 1.80. The van der Waals surface area contributed by atoms with Gasteiger partial charge in [0, 0.05) is 54.3 Å². The fourth-order valence-corrected chi connectivity index (χ4v) is 3.00. The number of aromatic nitrogens is 2. The molecule has 0 saturated heterocycles. The maximum Gasteiger partial charge on any atom is 0.410 e. The number of fused-ring (bicyclic) bond motifs is 1. The molecule has 2 heterocycles. The molecule has 1 amide bonds. The van der Waals surface area contributed by atoms with Gasteiger partial charge in [0.1, 0.15) is 17.0 Å². The molecule has 1 N–H and O–H groups in total. The molecule has 0 unspecified atom stereocenters. The Bertz CT molecular complexity index is 1010. The number of rotatable bonds is 4. The standard InChI is InChI=1S/C21H24ClN3O3/c1-21(2,3)28-20(27)24(4)10-9-16-12-23-19-8-5-14(13-25(16)19)17-7-6-15(22)11-18(17)26/h5-8,11-13,26H,9-10H2,1-4H3. The molecule has 0 atom stereocenters. The van der Waals surface area contributed by atoms with E-state index >= 15 is 0 Å². The smallest absolute Gasteiger partial charge is 0.410 e. The van der Waals surface area contributed by atoms with Crippen molar-refractivity contribution in [2.24, 2.45) is 0 Å². The third-order valence-electron chi connectivity index (χ3n) is 4.26. The van der Waals surface area contributed by atoms with E-state index in [1.807, 2.05) is 43.5 Å². The van der Waals surface area contributed by atoms with E-state index in [1.54, 1.807) is 30.3 Å². The van der Waals surface area contributed by atoms with Crippen molar-refractivity contribution in [1.82, 2.24) is 14.3 Å². The molecule has 0 bridgehead atoms. The first-order valence-corrected chi connectivity index (χ1v) is 9.41. The van der Waals surface area contributed by atoms with Crippen molar-refractivity contribution >= 4 is 23.3 Å². The van der Waals surface area contributed by atoms with E-state index in [0.717, 1.165) is 16.9 Å². The lowest BCUT2D eigenvalue weighted by molar-refractivity contribution is 0.0300. The van der Waals surface area contributed by atoms with Crippen molar-refractivity contribution in [3.63, 3.8) is 0 Å². The number of phenolic OH excluding ortho intramolecular Hbond substituents is 1. The Morgan fingerprint density at radius 1 is 1.29 bits per heavy atom. The van der Waals surface area contributed by atoms with E-state index in [2.05, 4.69) is 4.98 Å². The number of amides is 1. The first kappa shape index (κ1) is 20.0. The van der Waals surface area contributed by atoms with Gasteiger partial charge in [0.2, 0.25) is 0 Å². The molecule has 6 nitrogen and oxygen atoms in total. The minimum atomic E-state index is -0.524. The topological polar surface area (TPSA) is 67.1 Å². The fourth-order valence-electron chi connectivity index (χ4n) is 2.84. The van der Waals surface area contributed by atoms with E-state index < -0.39 is 5.60 Å². The summed E-state index contributed by atoms with van der Waals surface area (Å²) in [5.74, 6) is 0.123. The molecule has 0 aliphatic carbocycles. The van der Waals surface area contributed by atoms with Gasteiger partial charge in [0.05, 0.1) is 0 Å². The van der Waals surface area contributed by atoms with E-state index in [4.69, 9.17) is 16.3 Å². The molecule has 0 spiro atoms. The summed E-state index contributed by atoms with van der Waals surface area (Å²) in [7, 11) is 1.72. The van der Waals surface area contributed by atoms with Crippen molar-refractivity contribution in [1.29, 1.82) is 0 Å². The third-order valence-corrected chi connectivity index (χ3v) is 4.50. The van der Waals surface area contributed by atoms with Crippen molar-refractivity contribution in [3.05, 3.63) is 53.4 Å². The van der Waals surface area contributed by atoms with Gasteiger partial charge in [-0.05, 0) is 51.1 Å². The molecule has 3 rings (SSSR count). The van der Waals surface area contributed by atoms with E-state index in [0.29, 0.717) is 23.6 Å². The lowest BCUT2D eigenvalue weighted by atomic mass is 10.1. The highest BCUT2D eigenvalue weighted by atomic mass is 35.5. The van der Waals surface area contributed by atoms with Gasteiger partial charge in [-0.3, -0.25) is 0 Å². The van der Waals surface area contributed by atoms with Crippen LogP contribution in [0, 0.1) is 0 Å². The number of ether oxygens (including phenoxy) is 1. The van der Waals surface area contributed by atoms with Crippen LogP contribution in [0.15, 0.2) is 42.7 Å². The number of pyridine rings is 1. The van der Waals surface area contributed by atoms with E-state index in [9.17, 15) is 9.90 Å². The molecule has 2 aromatic heterocycles. The quantitative estimate of drug-likeness (QED) is 0.683. The number of benzene rings is 1. The first-order chi connectivity index (χ1) is 13.1. The van der Waals surface area contributed by atoms with Gasteiger partial charge in [0.25, 0.3) is 0 Å². The molecular formula is C21H24ClN3O3. The summed E-state index contributed by atoms with van der Waals surface area (Å²) in [6, 6.07) is 8.84. The molecule has 148 valence electrons. The van der Waals surface area contributed by atoms with Crippen LogP contribution in [-0.4, -0.2) is 44.7 Å². The van der Waals surface area contributed by atoms with Crippen LogP contribution in [0.5, 0.6) is 5.75 Å². The molecule has 0 radical (unpaired) electrons. The number of likely N-dealkylation sites (N-methyl/N-ethyl adjacent to an activating group) is 1. The SMILES string of the molecule is CN(CCc1cnc2ccc(-c3ccc(Cl)cc3O)cn12)C(=O)OC(C)(C)C. The highest BCUT2D eigenvalue weighted by Gasteiger charge is 2.19. The van der Waals surface area contributed by atoms with Gasteiger partial charge < -0.3 is 19.1 Å². The second-order valence-corrected chi connectivity index (χ2v) is 8.15. The van der Waals surface area contributed by atoms with Gasteiger partial charge in [-0.15, -0.1) is 0 Å². The Kier molecular flexibility index (Phi) is 5.52. The van der Waals surface area contributed by atoms with Crippen LogP contribution in [0.2, 0.25) is 5.02 Å². The zero-order chi connectivity index (χ0) is 20.5. The Labute approximate surface area is 169 Å². The van der Waals surface area contributed by atoms with Gasteiger partial charge in [-0.1, -0.05) is 11.6 Å². The van der Waals surface area contributed by atoms with E-state index in [-0.39, 0.29) is 11.8 Å². The summed E-state index contributed by atoms with van der Waals surface area (Å²) in [6.45, 7) is 6.03. The second-order valence-electron chi connectivity index (χ2n) is 7.71. The Morgan fingerprint density at radius 3 is 2.71 bits per heavy atom. The normalized spacial score (nSPS) is 11.6. The number of aromatic hydroxyl groups is 1. The van der Waals surface area contributed by atoms with Crippen molar-refractivity contribution in [2.45, 2.75) is 32.8 Å². The lowest BCUT2D eigenvalue weighted by Gasteiger charge is -2.24. The molecule has 28 heavy (non-hydrogen) atoms. The molecule has 1 aromatic carbocycles. The summed E-state index contributed by atoms with van der Waals surface area (Å²) in [4.78, 5) is 18.1. The summed E-state index contributed by atoms with van der Waals surface area (Å²) < 4.78 is 7.35. The first-order valence-electron chi connectivity index (χ1n) is 9.03. The van der Waals surface area contributed by atoms with Gasteiger partial charge in [0.15, 0.2) is 0 Å². The summed E-state index contributed by atoms with van der Waals surface area (Å²) in [5, 5.41) is 10.7. The summed E-state index contributed by atoms with van der Waals surface area (Å²) in [5.41, 5.74) is 2.77. The van der Waals surface area contributed by atoms with Crippen molar-refractivity contribution in [2.75, 3.05) is 13.6 Å². The average molecular weight is 402 g/mol. The van der Waals surface area contributed by atoms with Crippen molar-refractivity contribution < 1.29 is 14.6 Å². The average Bonchev–Trinajstić information content (AvgIpc) is 3.00. The van der Waals surface area contributed by atoms with Crippen LogP contribution >= 0.6 is 11.6 Å². The van der Waals surface area contributed by atoms with Gasteiger partial charge in [-0.2, -0.15) is 0 Å².